The summed E-state index contributed by atoms with van der Waals surface area (Å²) in [5.74, 6) is 1.03. The monoisotopic (exact) mass is 285 g/mol. The molecule has 16 heavy (non-hydrogen) atoms. The highest BCUT2D eigenvalue weighted by molar-refractivity contribution is 9.10. The van der Waals surface area contributed by atoms with Gasteiger partial charge in [-0.3, -0.25) is 0 Å². The van der Waals surface area contributed by atoms with E-state index < -0.39 is 0 Å². The summed E-state index contributed by atoms with van der Waals surface area (Å²) in [7, 11) is 1.62. The molecular formula is C12H16BrNO2. The number of methoxy groups -OCH3 is 1. The Hall–Kier alpha value is -0.740. The minimum Gasteiger partial charge on any atom is -0.506 e. The van der Waals surface area contributed by atoms with E-state index in [1.165, 1.54) is 0 Å². The lowest BCUT2D eigenvalue weighted by Gasteiger charge is -2.22. The van der Waals surface area contributed by atoms with Crippen LogP contribution in [0.5, 0.6) is 11.5 Å². The van der Waals surface area contributed by atoms with Crippen molar-refractivity contribution in [1.82, 2.24) is 0 Å². The van der Waals surface area contributed by atoms with Crippen molar-refractivity contribution in [3.05, 3.63) is 22.2 Å². The summed E-state index contributed by atoms with van der Waals surface area (Å²) in [5.41, 5.74) is 6.84. The summed E-state index contributed by atoms with van der Waals surface area (Å²) in [5, 5.41) is 10.1. The molecule has 1 aromatic carbocycles. The first kappa shape index (κ1) is 11.7. The molecule has 1 atom stereocenters. The van der Waals surface area contributed by atoms with Crippen molar-refractivity contribution in [2.75, 3.05) is 7.11 Å². The lowest BCUT2D eigenvalue weighted by molar-refractivity contribution is 0.405. The van der Waals surface area contributed by atoms with Crippen molar-refractivity contribution >= 4 is 15.9 Å². The Bertz CT molecular complexity index is 414. The molecular weight excluding hydrogens is 270 g/mol. The normalized spacial score (nSPS) is 19.2. The van der Waals surface area contributed by atoms with E-state index in [9.17, 15) is 5.11 Å². The topological polar surface area (TPSA) is 55.5 Å². The third-order valence-electron chi connectivity index (χ3n) is 3.47. The third kappa shape index (κ3) is 1.70. The van der Waals surface area contributed by atoms with Crippen molar-refractivity contribution in [3.8, 4) is 11.5 Å². The number of benzene rings is 1. The van der Waals surface area contributed by atoms with Crippen molar-refractivity contribution in [3.63, 3.8) is 0 Å². The van der Waals surface area contributed by atoms with Gasteiger partial charge in [0.25, 0.3) is 0 Å². The Morgan fingerprint density at radius 3 is 2.56 bits per heavy atom. The van der Waals surface area contributed by atoms with Crippen LogP contribution in [0.2, 0.25) is 0 Å². The molecule has 1 aliphatic rings. The number of ether oxygens (including phenoxy) is 1. The van der Waals surface area contributed by atoms with E-state index in [0.29, 0.717) is 4.47 Å². The summed E-state index contributed by atoms with van der Waals surface area (Å²) in [6.07, 6.45) is 2.05. The highest BCUT2D eigenvalue weighted by Crippen LogP contribution is 2.55. The van der Waals surface area contributed by atoms with E-state index >= 15 is 0 Å². The summed E-state index contributed by atoms with van der Waals surface area (Å²) >= 11 is 3.34. The second-order valence-corrected chi connectivity index (χ2v) is 5.30. The van der Waals surface area contributed by atoms with Gasteiger partial charge in [-0.15, -0.1) is 0 Å². The van der Waals surface area contributed by atoms with Gasteiger partial charge in [-0.25, -0.2) is 0 Å². The van der Waals surface area contributed by atoms with Gasteiger partial charge in [-0.05, 0) is 47.8 Å². The van der Waals surface area contributed by atoms with Gasteiger partial charge in [-0.1, -0.05) is 0 Å². The lowest BCUT2D eigenvalue weighted by atomic mass is 9.88. The third-order valence-corrected chi connectivity index (χ3v) is 4.07. The Morgan fingerprint density at radius 2 is 2.12 bits per heavy atom. The molecule has 2 rings (SSSR count). The second kappa shape index (κ2) is 3.93. The van der Waals surface area contributed by atoms with E-state index in [2.05, 4.69) is 15.9 Å². The standard InChI is InChI=1S/C12H16BrNO2/c1-7(14)12(3-4-12)9-5-8(16-2)6-10(13)11(9)15/h5-7,15H,3-4,14H2,1-2H3. The zero-order valence-corrected chi connectivity index (χ0v) is 11.0. The molecule has 1 fully saturated rings. The van der Waals surface area contributed by atoms with E-state index in [-0.39, 0.29) is 17.2 Å². The minimum absolute atomic E-state index is 0.0393. The van der Waals surface area contributed by atoms with Crippen LogP contribution in [-0.4, -0.2) is 18.3 Å². The van der Waals surface area contributed by atoms with Gasteiger partial charge in [-0.2, -0.15) is 0 Å². The van der Waals surface area contributed by atoms with Crippen LogP contribution in [0.1, 0.15) is 25.3 Å². The van der Waals surface area contributed by atoms with Crippen molar-refractivity contribution in [1.29, 1.82) is 0 Å². The first-order valence-corrected chi connectivity index (χ1v) is 6.13. The molecule has 1 unspecified atom stereocenters. The van der Waals surface area contributed by atoms with Crippen LogP contribution < -0.4 is 10.5 Å². The molecule has 0 aromatic heterocycles. The number of hydrogen-bond donors (Lipinski definition) is 2. The molecule has 1 saturated carbocycles. The Kier molecular flexibility index (Phi) is 2.88. The highest BCUT2D eigenvalue weighted by Gasteiger charge is 2.49. The second-order valence-electron chi connectivity index (χ2n) is 4.45. The molecule has 0 amide bonds. The minimum atomic E-state index is -0.0683. The predicted octanol–water partition coefficient (Wildman–Crippen LogP) is 2.54. The molecule has 0 saturated heterocycles. The van der Waals surface area contributed by atoms with Crippen LogP contribution in [0.25, 0.3) is 0 Å². The summed E-state index contributed by atoms with van der Waals surface area (Å²) in [4.78, 5) is 0. The summed E-state index contributed by atoms with van der Waals surface area (Å²) in [6.45, 7) is 1.99. The maximum atomic E-state index is 10.1. The molecule has 88 valence electrons. The van der Waals surface area contributed by atoms with Crippen molar-refractivity contribution in [2.24, 2.45) is 5.73 Å². The summed E-state index contributed by atoms with van der Waals surface area (Å²) in [6, 6.07) is 3.68. The average Bonchev–Trinajstić information content (AvgIpc) is 3.02. The molecule has 0 heterocycles. The van der Waals surface area contributed by atoms with Gasteiger partial charge >= 0.3 is 0 Å². The van der Waals surface area contributed by atoms with E-state index in [1.807, 2.05) is 13.0 Å². The summed E-state index contributed by atoms with van der Waals surface area (Å²) < 4.78 is 5.87. The fourth-order valence-electron chi connectivity index (χ4n) is 2.18. The van der Waals surface area contributed by atoms with Crippen molar-refractivity contribution < 1.29 is 9.84 Å². The molecule has 1 aliphatic carbocycles. The zero-order valence-electron chi connectivity index (χ0n) is 9.46. The number of phenols is 1. The highest BCUT2D eigenvalue weighted by atomic mass is 79.9. The quantitative estimate of drug-likeness (QED) is 0.897. The predicted molar refractivity (Wildman–Crippen MR) is 66.9 cm³/mol. The smallest absolute Gasteiger partial charge is 0.133 e. The fourth-order valence-corrected chi connectivity index (χ4v) is 2.62. The van der Waals surface area contributed by atoms with Crippen LogP contribution in [0.3, 0.4) is 0 Å². The van der Waals surface area contributed by atoms with Gasteiger partial charge in [0.15, 0.2) is 0 Å². The van der Waals surface area contributed by atoms with E-state index in [0.717, 1.165) is 24.2 Å². The van der Waals surface area contributed by atoms with Crippen molar-refractivity contribution in [2.45, 2.75) is 31.2 Å². The molecule has 1 aromatic rings. The van der Waals surface area contributed by atoms with Crippen LogP contribution in [-0.2, 0) is 5.41 Å². The Balaban J connectivity index is 2.52. The number of nitrogens with two attached hydrogens (primary N) is 1. The maximum Gasteiger partial charge on any atom is 0.133 e. The first-order chi connectivity index (χ1) is 7.51. The van der Waals surface area contributed by atoms with E-state index in [1.54, 1.807) is 13.2 Å². The number of phenolic OH excluding ortho intramolecular Hbond substituents is 1. The van der Waals surface area contributed by atoms with Gasteiger partial charge in [0.2, 0.25) is 0 Å². The number of halogens is 1. The van der Waals surface area contributed by atoms with Crippen LogP contribution in [0, 0.1) is 0 Å². The maximum absolute atomic E-state index is 10.1. The van der Waals surface area contributed by atoms with E-state index in [4.69, 9.17) is 10.5 Å². The molecule has 3 N–H and O–H groups in total. The molecule has 3 nitrogen and oxygen atoms in total. The van der Waals surface area contributed by atoms with Gasteiger partial charge < -0.3 is 15.6 Å². The number of rotatable bonds is 3. The van der Waals surface area contributed by atoms with Gasteiger partial charge in [0.05, 0.1) is 11.6 Å². The number of hydrogen-bond acceptors (Lipinski definition) is 3. The molecule has 0 aliphatic heterocycles. The molecule has 0 spiro atoms. The Labute approximate surface area is 104 Å². The molecule has 0 radical (unpaired) electrons. The van der Waals surface area contributed by atoms with Gasteiger partial charge in [0, 0.05) is 17.0 Å². The lowest BCUT2D eigenvalue weighted by Crippen LogP contribution is -2.31. The first-order valence-electron chi connectivity index (χ1n) is 5.34. The molecule has 4 heteroatoms. The van der Waals surface area contributed by atoms with Crippen LogP contribution >= 0.6 is 15.9 Å². The van der Waals surface area contributed by atoms with Gasteiger partial charge in [0.1, 0.15) is 11.5 Å². The number of aromatic hydroxyl groups is 1. The average molecular weight is 286 g/mol. The largest absolute Gasteiger partial charge is 0.506 e. The van der Waals surface area contributed by atoms with Crippen LogP contribution in [0.4, 0.5) is 0 Å². The Morgan fingerprint density at radius 1 is 1.50 bits per heavy atom. The zero-order chi connectivity index (χ0) is 11.9. The molecule has 0 bridgehead atoms. The van der Waals surface area contributed by atoms with Crippen LogP contribution in [0.15, 0.2) is 16.6 Å². The fraction of sp³-hybridized carbons (Fsp3) is 0.500. The SMILES string of the molecule is COc1cc(Br)c(O)c(C2(C(C)N)CC2)c1.